The summed E-state index contributed by atoms with van der Waals surface area (Å²) in [6.07, 6.45) is 0. The molecule has 1 heteroatoms. The predicted molar refractivity (Wildman–Crippen MR) is 242 cm³/mol. The molecule has 58 heavy (non-hydrogen) atoms. The normalized spacial score (nSPS) is 13.7. The third-order valence-corrected chi connectivity index (χ3v) is 13.6. The second-order valence-electron chi connectivity index (χ2n) is 16.3. The fraction of sp³-hybridized carbons (Fsp3) is 0.0175. The smallest absolute Gasteiger partial charge is 0.136 e. The molecule has 1 spiro atoms. The molecular formula is C57H32O. The van der Waals surface area contributed by atoms with Gasteiger partial charge >= 0.3 is 0 Å². The first-order valence-electron chi connectivity index (χ1n) is 20.2. The average molecular weight is 733 g/mol. The Bertz CT molecular complexity index is 3690. The van der Waals surface area contributed by atoms with Crippen LogP contribution in [0.15, 0.2) is 199 Å². The molecule has 2 aliphatic carbocycles. The van der Waals surface area contributed by atoms with Crippen molar-refractivity contribution in [2.24, 2.45) is 0 Å². The first-order valence-corrected chi connectivity index (χ1v) is 20.2. The van der Waals surface area contributed by atoms with E-state index >= 15 is 0 Å². The quantitative estimate of drug-likeness (QED) is 0.161. The van der Waals surface area contributed by atoms with Gasteiger partial charge in [0, 0.05) is 10.8 Å². The van der Waals surface area contributed by atoms with E-state index in [-0.39, 0.29) is 0 Å². The lowest BCUT2D eigenvalue weighted by atomic mass is 9.70. The zero-order chi connectivity index (χ0) is 37.7. The molecule has 1 nitrogen and oxygen atoms in total. The Hall–Kier alpha value is -7.48. The van der Waals surface area contributed by atoms with Crippen LogP contribution in [0, 0.1) is 0 Å². The number of furan rings is 1. The van der Waals surface area contributed by atoms with E-state index in [9.17, 15) is 0 Å². The van der Waals surface area contributed by atoms with Crippen LogP contribution in [0.25, 0.3) is 110 Å². The summed E-state index contributed by atoms with van der Waals surface area (Å²) in [6.45, 7) is 0. The van der Waals surface area contributed by atoms with Gasteiger partial charge in [-0.3, -0.25) is 0 Å². The van der Waals surface area contributed by atoms with E-state index in [0.29, 0.717) is 0 Å². The molecule has 11 aromatic carbocycles. The van der Waals surface area contributed by atoms with E-state index in [1.165, 1.54) is 104 Å². The maximum absolute atomic E-state index is 6.57. The van der Waals surface area contributed by atoms with Crippen LogP contribution in [0.4, 0.5) is 0 Å². The van der Waals surface area contributed by atoms with Crippen molar-refractivity contribution in [3.05, 3.63) is 216 Å². The first kappa shape index (κ1) is 30.7. The number of para-hydroxylation sites is 1. The monoisotopic (exact) mass is 732 g/mol. The lowest BCUT2D eigenvalue weighted by Gasteiger charge is -2.31. The molecule has 0 saturated carbocycles. The topological polar surface area (TPSA) is 13.1 Å². The molecule has 0 saturated heterocycles. The molecule has 0 amide bonds. The summed E-state index contributed by atoms with van der Waals surface area (Å²) < 4.78 is 6.57. The summed E-state index contributed by atoms with van der Waals surface area (Å²) in [6, 6.07) is 72.7. The van der Waals surface area contributed by atoms with Crippen LogP contribution in [-0.2, 0) is 5.41 Å². The minimum Gasteiger partial charge on any atom is -0.456 e. The molecule has 0 N–H and O–H groups in total. The van der Waals surface area contributed by atoms with Gasteiger partial charge in [-0.05, 0) is 140 Å². The lowest BCUT2D eigenvalue weighted by molar-refractivity contribution is 0.669. The summed E-state index contributed by atoms with van der Waals surface area (Å²) in [5.74, 6) is 0. The fourth-order valence-electron chi connectivity index (χ4n) is 11.3. The third kappa shape index (κ3) is 3.72. The maximum atomic E-state index is 6.57. The Morgan fingerprint density at radius 1 is 0.293 bits per heavy atom. The Morgan fingerprint density at radius 3 is 1.67 bits per heavy atom. The molecule has 2 aliphatic rings. The standard InChI is InChI=1S/C57H32O/c1-5-16-47-41(12-1)42-13-2-6-17-48(42)57(47)49-18-7-3-15-46(49)56-50(57)31-38-30-36(39-26-22-35-21-20-33-10-9-11-34-23-29-45(39)54(35)53(33)34)24-27-40(38)55(56)37-25-28-44-43-14-4-8-19-51(43)58-52(44)32-37/h1-32H. The van der Waals surface area contributed by atoms with Crippen molar-refractivity contribution in [3.63, 3.8) is 0 Å². The Balaban J connectivity index is 1.12. The second-order valence-corrected chi connectivity index (χ2v) is 16.3. The van der Waals surface area contributed by atoms with Gasteiger partial charge in [0.15, 0.2) is 0 Å². The van der Waals surface area contributed by atoms with Gasteiger partial charge in [0.25, 0.3) is 0 Å². The molecule has 0 fully saturated rings. The first-order chi connectivity index (χ1) is 28.8. The largest absolute Gasteiger partial charge is 0.456 e. The Morgan fingerprint density at radius 2 is 0.879 bits per heavy atom. The fourth-order valence-corrected chi connectivity index (χ4v) is 11.3. The van der Waals surface area contributed by atoms with Crippen molar-refractivity contribution in [1.82, 2.24) is 0 Å². The lowest BCUT2D eigenvalue weighted by Crippen LogP contribution is -2.25. The van der Waals surface area contributed by atoms with E-state index in [0.717, 1.165) is 27.5 Å². The molecule has 1 heterocycles. The molecular weight excluding hydrogens is 701 g/mol. The summed E-state index contributed by atoms with van der Waals surface area (Å²) in [4.78, 5) is 0. The van der Waals surface area contributed by atoms with Crippen LogP contribution < -0.4 is 0 Å². The number of fused-ring (bicyclic) bond motifs is 14. The minimum absolute atomic E-state index is 0.464. The van der Waals surface area contributed by atoms with Crippen molar-refractivity contribution in [2.75, 3.05) is 0 Å². The highest BCUT2D eigenvalue weighted by Crippen LogP contribution is 2.65. The zero-order valence-electron chi connectivity index (χ0n) is 31.4. The van der Waals surface area contributed by atoms with E-state index in [2.05, 4.69) is 194 Å². The summed E-state index contributed by atoms with van der Waals surface area (Å²) >= 11 is 0. The molecule has 1 aromatic heterocycles. The number of hydrogen-bond donors (Lipinski definition) is 0. The molecule has 12 aromatic rings. The van der Waals surface area contributed by atoms with Crippen LogP contribution >= 0.6 is 0 Å². The van der Waals surface area contributed by atoms with E-state index in [4.69, 9.17) is 4.42 Å². The Labute approximate surface area is 334 Å². The van der Waals surface area contributed by atoms with Crippen LogP contribution in [0.3, 0.4) is 0 Å². The number of rotatable bonds is 2. The molecule has 14 rings (SSSR count). The Kier molecular flexibility index (Phi) is 5.76. The summed E-state index contributed by atoms with van der Waals surface area (Å²) in [5, 5.41) is 12.6. The highest BCUT2D eigenvalue weighted by molar-refractivity contribution is 6.26. The summed E-state index contributed by atoms with van der Waals surface area (Å²) in [7, 11) is 0. The highest BCUT2D eigenvalue weighted by Gasteiger charge is 2.52. The van der Waals surface area contributed by atoms with Gasteiger partial charge in [0.05, 0.1) is 5.41 Å². The van der Waals surface area contributed by atoms with Crippen molar-refractivity contribution in [3.8, 4) is 44.5 Å². The second kappa shape index (κ2) is 10.9. The van der Waals surface area contributed by atoms with E-state index in [1.54, 1.807) is 0 Å². The maximum Gasteiger partial charge on any atom is 0.136 e. The molecule has 266 valence electrons. The average Bonchev–Trinajstić information content (AvgIpc) is 3.91. The van der Waals surface area contributed by atoms with Crippen molar-refractivity contribution >= 4 is 65.0 Å². The van der Waals surface area contributed by atoms with Crippen LogP contribution in [0.2, 0.25) is 0 Å². The zero-order valence-corrected chi connectivity index (χ0v) is 31.4. The van der Waals surface area contributed by atoms with Gasteiger partial charge in [-0.1, -0.05) is 164 Å². The number of benzene rings is 11. The van der Waals surface area contributed by atoms with Gasteiger partial charge in [-0.2, -0.15) is 0 Å². The molecule has 0 radical (unpaired) electrons. The molecule has 0 bridgehead atoms. The predicted octanol–water partition coefficient (Wildman–Crippen LogP) is 15.3. The third-order valence-electron chi connectivity index (χ3n) is 13.6. The molecule has 0 unspecified atom stereocenters. The van der Waals surface area contributed by atoms with Crippen LogP contribution in [-0.4, -0.2) is 0 Å². The van der Waals surface area contributed by atoms with Crippen molar-refractivity contribution in [1.29, 1.82) is 0 Å². The van der Waals surface area contributed by atoms with E-state index < -0.39 is 5.41 Å². The van der Waals surface area contributed by atoms with Gasteiger partial charge < -0.3 is 4.42 Å². The summed E-state index contributed by atoms with van der Waals surface area (Å²) in [5.41, 5.74) is 16.9. The van der Waals surface area contributed by atoms with Crippen LogP contribution in [0.5, 0.6) is 0 Å². The van der Waals surface area contributed by atoms with Gasteiger partial charge in [0.2, 0.25) is 0 Å². The van der Waals surface area contributed by atoms with Gasteiger partial charge in [-0.25, -0.2) is 0 Å². The van der Waals surface area contributed by atoms with Gasteiger partial charge in [0.1, 0.15) is 11.2 Å². The van der Waals surface area contributed by atoms with Crippen molar-refractivity contribution < 1.29 is 4.42 Å². The van der Waals surface area contributed by atoms with Gasteiger partial charge in [-0.15, -0.1) is 0 Å². The highest BCUT2D eigenvalue weighted by atomic mass is 16.3. The molecule has 0 atom stereocenters. The minimum atomic E-state index is -0.464. The number of hydrogen-bond acceptors (Lipinski definition) is 1. The molecule has 0 aliphatic heterocycles. The van der Waals surface area contributed by atoms with Crippen LogP contribution in [0.1, 0.15) is 22.3 Å². The van der Waals surface area contributed by atoms with E-state index in [1.807, 2.05) is 0 Å². The van der Waals surface area contributed by atoms with Crippen molar-refractivity contribution in [2.45, 2.75) is 5.41 Å². The SMILES string of the molecule is c1ccc2c(c1)-c1ccccc1C21c2ccccc2-c2c1cc1cc(-c3ccc4ccc5cccc6ccc3c4c56)ccc1c2-c1ccc2c(c1)oc1ccccc12.